The van der Waals surface area contributed by atoms with Gasteiger partial charge in [0.1, 0.15) is 5.82 Å². The topological polar surface area (TPSA) is 45.2 Å². The Hall–Kier alpha value is -1.29. The van der Waals surface area contributed by atoms with Crippen molar-refractivity contribution in [3.05, 3.63) is 22.8 Å². The van der Waals surface area contributed by atoms with Crippen LogP contribution in [0.4, 0.5) is 5.82 Å². The van der Waals surface area contributed by atoms with Gasteiger partial charge in [-0.1, -0.05) is 24.9 Å². The second-order valence-electron chi connectivity index (χ2n) is 5.28. The lowest BCUT2D eigenvalue weighted by Gasteiger charge is -2.17. The molecule has 1 amide bonds. The number of pyridine rings is 1. The van der Waals surface area contributed by atoms with Crippen molar-refractivity contribution in [2.24, 2.45) is 5.92 Å². The minimum atomic E-state index is 0.0426. The molecule has 20 heavy (non-hydrogen) atoms. The molecule has 0 saturated carbocycles. The van der Waals surface area contributed by atoms with Gasteiger partial charge >= 0.3 is 0 Å². The van der Waals surface area contributed by atoms with Crippen LogP contribution < -0.4 is 5.32 Å². The maximum atomic E-state index is 12.4. The minimum Gasteiger partial charge on any atom is -0.369 e. The van der Waals surface area contributed by atoms with Gasteiger partial charge in [0, 0.05) is 25.8 Å². The van der Waals surface area contributed by atoms with Crippen molar-refractivity contribution < 1.29 is 4.79 Å². The van der Waals surface area contributed by atoms with Crippen molar-refractivity contribution in [1.29, 1.82) is 0 Å². The van der Waals surface area contributed by atoms with Crippen molar-refractivity contribution >= 4 is 23.3 Å². The van der Waals surface area contributed by atoms with Crippen LogP contribution in [0.15, 0.2) is 12.3 Å². The lowest BCUT2D eigenvalue weighted by Crippen LogP contribution is -2.28. The maximum absolute atomic E-state index is 12.4. The first-order valence-corrected chi connectivity index (χ1v) is 7.72. The highest BCUT2D eigenvalue weighted by Crippen LogP contribution is 2.25. The highest BCUT2D eigenvalue weighted by atomic mass is 35.5. The number of aromatic nitrogens is 1. The summed E-state index contributed by atoms with van der Waals surface area (Å²) in [7, 11) is 0. The van der Waals surface area contributed by atoms with Crippen molar-refractivity contribution in [3.8, 4) is 0 Å². The van der Waals surface area contributed by atoms with E-state index in [9.17, 15) is 4.79 Å². The summed E-state index contributed by atoms with van der Waals surface area (Å²) in [6, 6.07) is 1.71. The fourth-order valence-corrected chi connectivity index (χ4v) is 2.93. The molecule has 0 bridgehead atoms. The number of rotatable bonds is 5. The lowest BCUT2D eigenvalue weighted by atomic mass is 10.0. The highest BCUT2D eigenvalue weighted by molar-refractivity contribution is 6.33. The molecule has 1 aromatic rings. The number of carbonyl (C=O) groups excluding carboxylic acids is 1. The van der Waals surface area contributed by atoms with E-state index in [1.54, 1.807) is 12.3 Å². The van der Waals surface area contributed by atoms with Gasteiger partial charge in [-0.05, 0) is 31.7 Å². The van der Waals surface area contributed by atoms with Gasteiger partial charge in [-0.25, -0.2) is 4.98 Å². The van der Waals surface area contributed by atoms with Gasteiger partial charge in [0.2, 0.25) is 0 Å². The number of likely N-dealkylation sites (tertiary alicyclic amines) is 1. The fraction of sp³-hybridized carbons (Fsp3) is 0.600. The maximum Gasteiger partial charge on any atom is 0.255 e. The first-order chi connectivity index (χ1) is 9.65. The molecule has 1 aliphatic rings. The summed E-state index contributed by atoms with van der Waals surface area (Å²) in [5.41, 5.74) is 0.578. The molecule has 0 aliphatic carbocycles. The van der Waals surface area contributed by atoms with E-state index >= 15 is 0 Å². The molecule has 110 valence electrons. The van der Waals surface area contributed by atoms with Gasteiger partial charge in [-0.3, -0.25) is 4.79 Å². The number of nitrogens with zero attached hydrogens (tertiary/aromatic N) is 2. The molecule has 1 fully saturated rings. The Morgan fingerprint density at radius 3 is 3.00 bits per heavy atom. The third-order valence-electron chi connectivity index (χ3n) is 3.70. The predicted molar refractivity (Wildman–Crippen MR) is 82.3 cm³/mol. The van der Waals surface area contributed by atoms with E-state index in [4.69, 9.17) is 11.6 Å². The highest BCUT2D eigenvalue weighted by Gasteiger charge is 2.26. The molecule has 1 atom stereocenters. The van der Waals surface area contributed by atoms with Crippen LogP contribution in [0.2, 0.25) is 5.02 Å². The molecule has 1 aromatic heterocycles. The molecule has 1 unspecified atom stereocenters. The first kappa shape index (κ1) is 15.1. The number of hydrogen-bond acceptors (Lipinski definition) is 3. The lowest BCUT2D eigenvalue weighted by molar-refractivity contribution is 0.0786. The Balaban J connectivity index is 2.04. The zero-order valence-corrected chi connectivity index (χ0v) is 12.9. The Bertz CT molecular complexity index is 478. The van der Waals surface area contributed by atoms with Gasteiger partial charge in [0.05, 0.1) is 10.6 Å². The third-order valence-corrected chi connectivity index (χ3v) is 3.99. The zero-order chi connectivity index (χ0) is 14.5. The van der Waals surface area contributed by atoms with Crippen LogP contribution in [0.3, 0.4) is 0 Å². The van der Waals surface area contributed by atoms with Gasteiger partial charge in [0.25, 0.3) is 5.91 Å². The largest absolute Gasteiger partial charge is 0.369 e. The summed E-state index contributed by atoms with van der Waals surface area (Å²) in [6.07, 6.45) is 5.09. The van der Waals surface area contributed by atoms with Crippen LogP contribution in [0.25, 0.3) is 0 Å². The summed E-state index contributed by atoms with van der Waals surface area (Å²) in [4.78, 5) is 18.6. The molecule has 2 heterocycles. The normalized spacial score (nSPS) is 18.4. The summed E-state index contributed by atoms with van der Waals surface area (Å²) in [5, 5.41) is 3.57. The van der Waals surface area contributed by atoms with Crippen molar-refractivity contribution in [1.82, 2.24) is 9.88 Å². The van der Waals surface area contributed by atoms with E-state index in [1.807, 2.05) is 11.8 Å². The minimum absolute atomic E-state index is 0.0426. The van der Waals surface area contributed by atoms with E-state index in [0.29, 0.717) is 22.3 Å². The molecule has 1 saturated heterocycles. The molecule has 1 N–H and O–H groups in total. The smallest absolute Gasteiger partial charge is 0.255 e. The van der Waals surface area contributed by atoms with E-state index in [-0.39, 0.29) is 5.91 Å². The van der Waals surface area contributed by atoms with Gasteiger partial charge in [-0.2, -0.15) is 0 Å². The molecule has 5 heteroatoms. The number of amides is 1. The summed E-state index contributed by atoms with van der Waals surface area (Å²) < 4.78 is 0. The quantitative estimate of drug-likeness (QED) is 0.905. The average molecular weight is 296 g/mol. The van der Waals surface area contributed by atoms with Crippen LogP contribution >= 0.6 is 11.6 Å². The van der Waals surface area contributed by atoms with Crippen LogP contribution in [0, 0.1) is 5.92 Å². The Morgan fingerprint density at radius 1 is 1.55 bits per heavy atom. The number of hydrogen-bond donors (Lipinski definition) is 1. The van der Waals surface area contributed by atoms with Gasteiger partial charge in [0.15, 0.2) is 0 Å². The molecule has 0 radical (unpaired) electrons. The standard InChI is InChI=1S/C15H22ClN3O/c1-3-5-11-6-7-19(10-11)15(20)12-8-13(16)14(17-4-2)18-9-12/h8-9,11H,3-7,10H2,1-2H3,(H,17,18). The predicted octanol–water partition coefficient (Wildman–Crippen LogP) is 3.43. The SMILES string of the molecule is CCCC1CCN(C(=O)c2cnc(NCC)c(Cl)c2)C1. The summed E-state index contributed by atoms with van der Waals surface area (Å²) >= 11 is 6.14. The van der Waals surface area contributed by atoms with Crippen molar-refractivity contribution in [2.45, 2.75) is 33.1 Å². The molecule has 0 spiro atoms. The van der Waals surface area contributed by atoms with Crippen LogP contribution in [-0.4, -0.2) is 35.4 Å². The van der Waals surface area contributed by atoms with Crippen LogP contribution in [-0.2, 0) is 0 Å². The number of anilines is 1. The Labute approximate surface area is 125 Å². The molecule has 0 aromatic carbocycles. The first-order valence-electron chi connectivity index (χ1n) is 7.34. The molecule has 2 rings (SSSR count). The van der Waals surface area contributed by atoms with Crippen LogP contribution in [0.1, 0.15) is 43.5 Å². The molecular formula is C15H22ClN3O. The Morgan fingerprint density at radius 2 is 2.35 bits per heavy atom. The van der Waals surface area contributed by atoms with E-state index in [1.165, 1.54) is 12.8 Å². The Kier molecular flexibility index (Phi) is 5.24. The van der Waals surface area contributed by atoms with Gasteiger partial charge < -0.3 is 10.2 Å². The second kappa shape index (κ2) is 6.93. The van der Waals surface area contributed by atoms with E-state index in [0.717, 1.165) is 26.1 Å². The van der Waals surface area contributed by atoms with Crippen molar-refractivity contribution in [3.63, 3.8) is 0 Å². The van der Waals surface area contributed by atoms with E-state index in [2.05, 4.69) is 17.2 Å². The fourth-order valence-electron chi connectivity index (χ4n) is 2.70. The number of carbonyl (C=O) groups is 1. The van der Waals surface area contributed by atoms with Crippen molar-refractivity contribution in [2.75, 3.05) is 25.0 Å². The molecular weight excluding hydrogens is 274 g/mol. The monoisotopic (exact) mass is 295 g/mol. The molecule has 4 nitrogen and oxygen atoms in total. The zero-order valence-electron chi connectivity index (χ0n) is 12.2. The number of halogens is 1. The van der Waals surface area contributed by atoms with Gasteiger partial charge in [-0.15, -0.1) is 0 Å². The van der Waals surface area contributed by atoms with E-state index < -0.39 is 0 Å². The summed E-state index contributed by atoms with van der Waals surface area (Å²) in [6.45, 7) is 6.63. The molecule has 1 aliphatic heterocycles. The average Bonchev–Trinajstić information content (AvgIpc) is 2.89. The summed E-state index contributed by atoms with van der Waals surface area (Å²) in [5.74, 6) is 1.32. The van der Waals surface area contributed by atoms with Crippen LogP contribution in [0.5, 0.6) is 0 Å². The third kappa shape index (κ3) is 3.42. The number of nitrogens with one attached hydrogen (secondary N) is 1. The second-order valence-corrected chi connectivity index (χ2v) is 5.69.